The highest BCUT2D eigenvalue weighted by molar-refractivity contribution is 5.84. The van der Waals surface area contributed by atoms with Crippen molar-refractivity contribution in [2.75, 3.05) is 13.1 Å². The molecule has 1 aliphatic heterocycles. The maximum Gasteiger partial charge on any atom is 0.101 e. The zero-order valence-corrected chi connectivity index (χ0v) is 9.52. The Kier molecular flexibility index (Phi) is 2.69. The molecular formula is C11H22N2. The second kappa shape index (κ2) is 3.32. The van der Waals surface area contributed by atoms with Crippen molar-refractivity contribution >= 4 is 5.84 Å². The first kappa shape index (κ1) is 10.6. The average molecular weight is 182 g/mol. The van der Waals surface area contributed by atoms with Crippen molar-refractivity contribution in [1.29, 1.82) is 5.41 Å². The highest BCUT2D eigenvalue weighted by Gasteiger charge is 2.31. The minimum absolute atomic E-state index is 0.00375. The Bertz CT molecular complexity index is 193. The van der Waals surface area contributed by atoms with Gasteiger partial charge in [0.05, 0.1) is 0 Å². The molecule has 13 heavy (non-hydrogen) atoms. The van der Waals surface area contributed by atoms with E-state index < -0.39 is 0 Å². The van der Waals surface area contributed by atoms with E-state index in [2.05, 4.69) is 39.5 Å². The number of amidine groups is 1. The average Bonchev–Trinajstić information content (AvgIpc) is 2.29. The summed E-state index contributed by atoms with van der Waals surface area (Å²) in [6, 6.07) is 0. The summed E-state index contributed by atoms with van der Waals surface area (Å²) in [6.45, 7) is 13.0. The Morgan fingerprint density at radius 2 is 1.54 bits per heavy atom. The van der Waals surface area contributed by atoms with E-state index in [1.54, 1.807) is 0 Å². The normalized spacial score (nSPS) is 29.5. The molecule has 2 nitrogen and oxygen atoms in total. The number of hydrogen-bond acceptors (Lipinski definition) is 1. The fraction of sp³-hybridized carbons (Fsp3) is 0.909. The molecule has 0 aliphatic carbocycles. The number of nitrogens with zero attached hydrogens (tertiary/aromatic N) is 1. The van der Waals surface area contributed by atoms with E-state index in [1.807, 2.05) is 0 Å². The molecule has 2 atom stereocenters. The third kappa shape index (κ3) is 2.23. The maximum absolute atomic E-state index is 8.04. The molecule has 0 saturated carbocycles. The smallest absolute Gasteiger partial charge is 0.101 e. The van der Waals surface area contributed by atoms with Gasteiger partial charge in [-0.2, -0.15) is 0 Å². The Morgan fingerprint density at radius 3 is 1.85 bits per heavy atom. The van der Waals surface area contributed by atoms with Gasteiger partial charge in [0, 0.05) is 18.5 Å². The molecule has 1 saturated heterocycles. The van der Waals surface area contributed by atoms with Gasteiger partial charge in [0.1, 0.15) is 5.84 Å². The summed E-state index contributed by atoms with van der Waals surface area (Å²) in [7, 11) is 0. The fourth-order valence-corrected chi connectivity index (χ4v) is 1.79. The van der Waals surface area contributed by atoms with Gasteiger partial charge in [-0.1, -0.05) is 34.6 Å². The van der Waals surface area contributed by atoms with Gasteiger partial charge in [0.15, 0.2) is 0 Å². The summed E-state index contributed by atoms with van der Waals surface area (Å²) in [5.74, 6) is 2.27. The molecule has 2 unspecified atom stereocenters. The van der Waals surface area contributed by atoms with Crippen LogP contribution >= 0.6 is 0 Å². The van der Waals surface area contributed by atoms with Gasteiger partial charge in [0.2, 0.25) is 0 Å². The molecule has 1 N–H and O–H groups in total. The van der Waals surface area contributed by atoms with E-state index in [0.29, 0.717) is 0 Å². The monoisotopic (exact) mass is 182 g/mol. The molecule has 0 bridgehead atoms. The molecule has 1 rings (SSSR count). The number of likely N-dealkylation sites (tertiary alicyclic amines) is 1. The van der Waals surface area contributed by atoms with E-state index in [9.17, 15) is 0 Å². The third-order valence-electron chi connectivity index (χ3n) is 3.01. The van der Waals surface area contributed by atoms with E-state index in [-0.39, 0.29) is 5.41 Å². The first-order valence-corrected chi connectivity index (χ1v) is 5.16. The Morgan fingerprint density at radius 1 is 1.15 bits per heavy atom. The van der Waals surface area contributed by atoms with Crippen molar-refractivity contribution in [2.24, 2.45) is 17.3 Å². The lowest BCUT2D eigenvalue weighted by atomic mass is 9.94. The van der Waals surface area contributed by atoms with E-state index in [4.69, 9.17) is 5.41 Å². The molecule has 0 spiro atoms. The second-order valence-electron chi connectivity index (χ2n) is 5.46. The predicted octanol–water partition coefficient (Wildman–Crippen LogP) is 2.60. The van der Waals surface area contributed by atoms with Gasteiger partial charge < -0.3 is 4.90 Å². The Hall–Kier alpha value is -0.530. The molecule has 0 aromatic carbocycles. The minimum Gasteiger partial charge on any atom is -0.360 e. The maximum atomic E-state index is 8.04. The van der Waals surface area contributed by atoms with E-state index in [1.165, 1.54) is 0 Å². The lowest BCUT2D eigenvalue weighted by molar-refractivity contribution is 0.414. The first-order chi connectivity index (χ1) is 5.82. The largest absolute Gasteiger partial charge is 0.360 e. The molecule has 76 valence electrons. The molecule has 0 aromatic heterocycles. The highest BCUT2D eigenvalue weighted by Crippen LogP contribution is 2.27. The molecule has 0 aromatic rings. The van der Waals surface area contributed by atoms with Crippen LogP contribution < -0.4 is 0 Å². The lowest BCUT2D eigenvalue weighted by Crippen LogP contribution is -2.37. The molecule has 0 radical (unpaired) electrons. The summed E-state index contributed by atoms with van der Waals surface area (Å²) in [5, 5.41) is 8.04. The van der Waals surface area contributed by atoms with Crippen LogP contribution in [-0.4, -0.2) is 23.8 Å². The van der Waals surface area contributed by atoms with Crippen molar-refractivity contribution in [1.82, 2.24) is 4.90 Å². The molecule has 1 fully saturated rings. The SMILES string of the molecule is CC1CN(C(=N)C(C)(C)C)CC1C. The van der Waals surface area contributed by atoms with Crippen LogP contribution in [-0.2, 0) is 0 Å². The van der Waals surface area contributed by atoms with Gasteiger partial charge in [-0.15, -0.1) is 0 Å². The van der Waals surface area contributed by atoms with E-state index in [0.717, 1.165) is 30.8 Å². The summed E-state index contributed by atoms with van der Waals surface area (Å²) >= 11 is 0. The van der Waals surface area contributed by atoms with Crippen molar-refractivity contribution in [3.05, 3.63) is 0 Å². The zero-order chi connectivity index (χ0) is 10.2. The zero-order valence-electron chi connectivity index (χ0n) is 9.52. The number of rotatable bonds is 0. The summed E-state index contributed by atoms with van der Waals surface area (Å²) in [5.41, 5.74) is 0.00375. The number of nitrogens with one attached hydrogen (secondary N) is 1. The molecule has 1 aliphatic rings. The standard InChI is InChI=1S/C11H22N2/c1-8-6-13(7-9(8)2)10(12)11(3,4)5/h8-9,12H,6-7H2,1-5H3. The summed E-state index contributed by atoms with van der Waals surface area (Å²) in [6.07, 6.45) is 0. The molecule has 0 amide bonds. The molecule has 1 heterocycles. The lowest BCUT2D eigenvalue weighted by Gasteiger charge is -2.29. The van der Waals surface area contributed by atoms with Crippen LogP contribution in [0.1, 0.15) is 34.6 Å². The molecule has 2 heteroatoms. The van der Waals surface area contributed by atoms with Crippen molar-refractivity contribution in [2.45, 2.75) is 34.6 Å². The van der Waals surface area contributed by atoms with Gasteiger partial charge >= 0.3 is 0 Å². The highest BCUT2D eigenvalue weighted by atomic mass is 15.2. The van der Waals surface area contributed by atoms with Crippen molar-refractivity contribution < 1.29 is 0 Å². The van der Waals surface area contributed by atoms with Crippen LogP contribution in [0.4, 0.5) is 0 Å². The van der Waals surface area contributed by atoms with Crippen LogP contribution in [0.15, 0.2) is 0 Å². The first-order valence-electron chi connectivity index (χ1n) is 5.16. The van der Waals surface area contributed by atoms with Gasteiger partial charge in [0.25, 0.3) is 0 Å². The van der Waals surface area contributed by atoms with Gasteiger partial charge in [-0.05, 0) is 11.8 Å². The van der Waals surface area contributed by atoms with Gasteiger partial charge in [-0.3, -0.25) is 5.41 Å². The third-order valence-corrected chi connectivity index (χ3v) is 3.01. The van der Waals surface area contributed by atoms with E-state index >= 15 is 0 Å². The van der Waals surface area contributed by atoms with Gasteiger partial charge in [-0.25, -0.2) is 0 Å². The Labute approximate surface area is 81.8 Å². The second-order valence-corrected chi connectivity index (χ2v) is 5.46. The fourth-order valence-electron chi connectivity index (χ4n) is 1.79. The Balaban J connectivity index is 2.61. The van der Waals surface area contributed by atoms with Crippen LogP contribution in [0.5, 0.6) is 0 Å². The topological polar surface area (TPSA) is 27.1 Å². The van der Waals surface area contributed by atoms with Crippen LogP contribution in [0.25, 0.3) is 0 Å². The predicted molar refractivity (Wildman–Crippen MR) is 57.1 cm³/mol. The van der Waals surface area contributed by atoms with Crippen molar-refractivity contribution in [3.63, 3.8) is 0 Å². The molecular weight excluding hydrogens is 160 g/mol. The quantitative estimate of drug-likeness (QED) is 0.452. The number of hydrogen-bond donors (Lipinski definition) is 1. The summed E-state index contributed by atoms with van der Waals surface area (Å²) in [4.78, 5) is 2.23. The van der Waals surface area contributed by atoms with Crippen molar-refractivity contribution in [3.8, 4) is 0 Å². The van der Waals surface area contributed by atoms with Crippen LogP contribution in [0, 0.1) is 22.7 Å². The van der Waals surface area contributed by atoms with Crippen LogP contribution in [0.2, 0.25) is 0 Å². The van der Waals surface area contributed by atoms with Crippen LogP contribution in [0.3, 0.4) is 0 Å². The summed E-state index contributed by atoms with van der Waals surface area (Å²) < 4.78 is 0. The minimum atomic E-state index is 0.00375.